The second-order valence-corrected chi connectivity index (χ2v) is 10.6. The van der Waals surface area contributed by atoms with Crippen LogP contribution in [0.4, 0.5) is 0 Å². The molecule has 2 aromatic heterocycles. The molecule has 1 aliphatic heterocycles. The second-order valence-electron chi connectivity index (χ2n) is 8.79. The topological polar surface area (TPSA) is 88.1 Å². The molecule has 0 spiro atoms. The zero-order chi connectivity index (χ0) is 22.1. The van der Waals surface area contributed by atoms with Crippen LogP contribution >= 0.6 is 0 Å². The highest BCUT2D eigenvalue weighted by Gasteiger charge is 2.26. The first-order valence-corrected chi connectivity index (χ1v) is 12.8. The quantitative estimate of drug-likeness (QED) is 0.641. The highest BCUT2D eigenvalue weighted by molar-refractivity contribution is 7.90. The van der Waals surface area contributed by atoms with Gasteiger partial charge in [0.2, 0.25) is 0 Å². The van der Waals surface area contributed by atoms with E-state index in [4.69, 9.17) is 4.98 Å². The van der Waals surface area contributed by atoms with Crippen LogP contribution in [0, 0.1) is 0 Å². The van der Waals surface area contributed by atoms with Crippen molar-refractivity contribution in [3.8, 4) is 0 Å². The van der Waals surface area contributed by atoms with Crippen LogP contribution in [-0.4, -0.2) is 33.8 Å². The fraction of sp³-hybridized carbons (Fsp3) is 0.417. The average Bonchev–Trinajstić information content (AvgIpc) is 3.29. The van der Waals surface area contributed by atoms with E-state index in [1.807, 2.05) is 6.07 Å². The predicted molar refractivity (Wildman–Crippen MR) is 122 cm³/mol. The Kier molecular flexibility index (Phi) is 5.73. The zero-order valence-electron chi connectivity index (χ0n) is 18.0. The van der Waals surface area contributed by atoms with E-state index in [9.17, 15) is 13.2 Å². The third kappa shape index (κ3) is 4.04. The smallest absolute Gasteiger partial charge is 0.267 e. The van der Waals surface area contributed by atoms with Crippen LogP contribution in [0.15, 0.2) is 58.4 Å². The van der Waals surface area contributed by atoms with Crippen molar-refractivity contribution in [2.75, 3.05) is 6.54 Å². The minimum Gasteiger partial charge on any atom is -0.310 e. The largest absolute Gasteiger partial charge is 0.310 e. The minimum absolute atomic E-state index is 0.0486. The number of H-pyrrole nitrogens is 1. The molecule has 32 heavy (non-hydrogen) atoms. The van der Waals surface area contributed by atoms with E-state index in [2.05, 4.69) is 9.88 Å². The van der Waals surface area contributed by atoms with Crippen molar-refractivity contribution in [1.29, 1.82) is 0 Å². The summed E-state index contributed by atoms with van der Waals surface area (Å²) in [5.74, 6) is 1.22. The molecule has 0 radical (unpaired) electrons. The summed E-state index contributed by atoms with van der Waals surface area (Å²) in [5.41, 5.74) is 2.24. The van der Waals surface area contributed by atoms with Crippen LogP contribution in [0.3, 0.4) is 0 Å². The van der Waals surface area contributed by atoms with Gasteiger partial charge in [-0.15, -0.1) is 0 Å². The third-order valence-corrected chi connectivity index (χ3v) is 8.38. The molecule has 0 unspecified atom stereocenters. The molecule has 7 nitrogen and oxygen atoms in total. The van der Waals surface area contributed by atoms with Gasteiger partial charge in [0, 0.05) is 43.9 Å². The first-order chi connectivity index (χ1) is 15.5. The van der Waals surface area contributed by atoms with Gasteiger partial charge in [0.15, 0.2) is 0 Å². The van der Waals surface area contributed by atoms with E-state index in [0.29, 0.717) is 36.7 Å². The molecular weight excluding hydrogens is 424 g/mol. The third-order valence-electron chi connectivity index (χ3n) is 6.64. The summed E-state index contributed by atoms with van der Waals surface area (Å²) in [7, 11) is -3.65. The molecule has 5 rings (SSSR count). The Morgan fingerprint density at radius 1 is 1.03 bits per heavy atom. The maximum absolute atomic E-state index is 13.1. The van der Waals surface area contributed by atoms with E-state index in [1.54, 1.807) is 42.6 Å². The lowest BCUT2D eigenvalue weighted by atomic mass is 9.88. The highest BCUT2D eigenvalue weighted by atomic mass is 32.2. The number of hydrogen-bond donors (Lipinski definition) is 1. The number of hydrogen-bond acceptors (Lipinski definition) is 5. The molecule has 168 valence electrons. The van der Waals surface area contributed by atoms with E-state index < -0.39 is 10.0 Å². The molecule has 1 saturated carbocycles. The van der Waals surface area contributed by atoms with Crippen molar-refractivity contribution in [3.05, 3.63) is 81.8 Å². The van der Waals surface area contributed by atoms with Gasteiger partial charge in [-0.3, -0.25) is 9.69 Å². The van der Waals surface area contributed by atoms with Gasteiger partial charge in [0.25, 0.3) is 15.6 Å². The van der Waals surface area contributed by atoms with Crippen LogP contribution < -0.4 is 5.56 Å². The van der Waals surface area contributed by atoms with Gasteiger partial charge in [-0.05, 0) is 37.1 Å². The van der Waals surface area contributed by atoms with Crippen LogP contribution in [0.5, 0.6) is 0 Å². The standard InChI is InChI=1S/C24H28N4O3S/c29-24-21-17-27(15-13-22(21)25-23(26-24)18-8-3-1-4-9-18)16-19-10-7-14-28(19)32(30,31)20-11-5-2-6-12-20/h2,5-7,10-12,14,18H,1,3-4,8-9,13,15-17H2,(H,25,26,29). The van der Waals surface area contributed by atoms with Gasteiger partial charge in [0.1, 0.15) is 5.82 Å². The van der Waals surface area contributed by atoms with E-state index in [0.717, 1.165) is 30.9 Å². The van der Waals surface area contributed by atoms with E-state index >= 15 is 0 Å². The van der Waals surface area contributed by atoms with Crippen molar-refractivity contribution < 1.29 is 8.42 Å². The summed E-state index contributed by atoms with van der Waals surface area (Å²) in [4.78, 5) is 23.1. The summed E-state index contributed by atoms with van der Waals surface area (Å²) in [5, 5.41) is 0. The van der Waals surface area contributed by atoms with Gasteiger partial charge in [0.05, 0.1) is 16.2 Å². The molecule has 0 atom stereocenters. The fourth-order valence-electron chi connectivity index (χ4n) is 4.90. The number of benzene rings is 1. The first kappa shape index (κ1) is 21.2. The molecule has 8 heteroatoms. The molecule has 1 aliphatic carbocycles. The Morgan fingerprint density at radius 3 is 2.59 bits per heavy atom. The number of aromatic amines is 1. The number of aromatic nitrogens is 3. The van der Waals surface area contributed by atoms with Gasteiger partial charge < -0.3 is 4.98 Å². The van der Waals surface area contributed by atoms with Gasteiger partial charge in [-0.25, -0.2) is 17.4 Å². The first-order valence-electron chi connectivity index (χ1n) is 11.3. The van der Waals surface area contributed by atoms with Crippen LogP contribution in [0.1, 0.15) is 60.8 Å². The monoisotopic (exact) mass is 452 g/mol. The Bertz CT molecular complexity index is 1260. The summed E-state index contributed by atoms with van der Waals surface area (Å²) in [6, 6.07) is 12.0. The Labute approximate surface area is 188 Å². The number of fused-ring (bicyclic) bond motifs is 1. The number of nitrogens with zero attached hydrogens (tertiary/aromatic N) is 3. The van der Waals surface area contributed by atoms with Crippen LogP contribution in [0.2, 0.25) is 0 Å². The molecule has 1 fully saturated rings. The highest BCUT2D eigenvalue weighted by Crippen LogP contribution is 2.31. The van der Waals surface area contributed by atoms with Crippen molar-refractivity contribution in [2.45, 2.75) is 62.4 Å². The summed E-state index contributed by atoms with van der Waals surface area (Å²) in [6.07, 6.45) is 8.14. The summed E-state index contributed by atoms with van der Waals surface area (Å²) < 4.78 is 27.5. The number of nitrogens with one attached hydrogen (secondary N) is 1. The van der Waals surface area contributed by atoms with Crippen molar-refractivity contribution in [1.82, 2.24) is 18.8 Å². The zero-order valence-corrected chi connectivity index (χ0v) is 18.9. The average molecular weight is 453 g/mol. The molecule has 0 amide bonds. The molecule has 0 bridgehead atoms. The van der Waals surface area contributed by atoms with Crippen molar-refractivity contribution >= 4 is 10.0 Å². The predicted octanol–water partition coefficient (Wildman–Crippen LogP) is 3.41. The molecule has 3 aromatic rings. The van der Waals surface area contributed by atoms with E-state index in [1.165, 1.54) is 23.2 Å². The molecule has 1 aromatic carbocycles. The van der Waals surface area contributed by atoms with Crippen LogP contribution in [-0.2, 0) is 29.5 Å². The molecule has 3 heterocycles. The number of rotatable bonds is 5. The van der Waals surface area contributed by atoms with Crippen molar-refractivity contribution in [2.24, 2.45) is 0 Å². The lowest BCUT2D eigenvalue weighted by Gasteiger charge is -2.29. The van der Waals surface area contributed by atoms with Crippen LogP contribution in [0.25, 0.3) is 0 Å². The minimum atomic E-state index is -3.65. The normalized spacial score (nSPS) is 17.9. The fourth-order valence-corrected chi connectivity index (χ4v) is 6.28. The van der Waals surface area contributed by atoms with Gasteiger partial charge in [-0.2, -0.15) is 0 Å². The van der Waals surface area contributed by atoms with Crippen molar-refractivity contribution in [3.63, 3.8) is 0 Å². The van der Waals surface area contributed by atoms with E-state index in [-0.39, 0.29) is 10.5 Å². The Balaban J connectivity index is 1.36. The molecular formula is C24H28N4O3S. The maximum atomic E-state index is 13.1. The maximum Gasteiger partial charge on any atom is 0.267 e. The Morgan fingerprint density at radius 2 is 1.81 bits per heavy atom. The molecule has 0 saturated heterocycles. The van der Waals surface area contributed by atoms with Gasteiger partial charge in [-0.1, -0.05) is 37.5 Å². The summed E-state index contributed by atoms with van der Waals surface area (Å²) in [6.45, 7) is 1.66. The SMILES string of the molecule is O=c1[nH]c(C2CCCCC2)nc2c1CN(Cc1cccn1S(=O)(=O)c1ccccc1)CC2. The molecule has 2 aliphatic rings. The lowest BCUT2D eigenvalue weighted by Crippen LogP contribution is -2.36. The summed E-state index contributed by atoms with van der Waals surface area (Å²) >= 11 is 0. The second kappa shape index (κ2) is 8.67. The Hall–Kier alpha value is -2.71. The lowest BCUT2D eigenvalue weighted by molar-refractivity contribution is 0.237. The van der Waals surface area contributed by atoms with Gasteiger partial charge >= 0.3 is 0 Å². The molecule has 1 N–H and O–H groups in total.